The number of fused-ring (bicyclic) bond motifs is 5. The molecule has 3 fully saturated rings. The molecule has 0 amide bonds. The Labute approximate surface area is 245 Å². The van der Waals surface area contributed by atoms with Crippen molar-refractivity contribution in [1.82, 2.24) is 0 Å². The van der Waals surface area contributed by atoms with Crippen LogP contribution in [0, 0.1) is 34.5 Å². The molecule has 0 spiro atoms. The SMILES string of the molecule is C[C@@H]1CC2C(=O)C=C3C(CCC4(C)C([C@@](C)(O)[C@H](O)CCC(C)(C)O)CCC34[I-]O)C2(C)C[C@@H]1OC(C)(C)O. The second-order valence-corrected chi connectivity index (χ2v) is 17.5. The number of ether oxygens (including phenoxy) is 1. The van der Waals surface area contributed by atoms with Crippen LogP contribution in [-0.2, 0) is 9.53 Å². The van der Waals surface area contributed by atoms with Gasteiger partial charge in [0.05, 0.1) is 0 Å². The van der Waals surface area contributed by atoms with E-state index in [0.717, 1.165) is 24.8 Å². The molecule has 8 heteroatoms. The Morgan fingerprint density at radius 1 is 1.08 bits per heavy atom. The van der Waals surface area contributed by atoms with Crippen molar-refractivity contribution >= 4 is 5.78 Å². The molecule has 10 atom stereocenters. The molecule has 0 aromatic carbocycles. The molecular formula is C31H52IO7-. The van der Waals surface area contributed by atoms with Gasteiger partial charge in [-0.2, -0.15) is 0 Å². The predicted molar refractivity (Wildman–Crippen MR) is 145 cm³/mol. The van der Waals surface area contributed by atoms with Gasteiger partial charge in [-0.05, 0) is 0 Å². The molecule has 3 saturated carbocycles. The number of carbonyl (C=O) groups excluding carboxylic acids is 1. The summed E-state index contributed by atoms with van der Waals surface area (Å²) in [4.78, 5) is 13.8. The van der Waals surface area contributed by atoms with Crippen molar-refractivity contribution < 1.29 is 55.0 Å². The van der Waals surface area contributed by atoms with E-state index in [0.29, 0.717) is 25.7 Å². The minimum absolute atomic E-state index is 0.106. The second kappa shape index (κ2) is 10.3. The molecule has 0 bridgehead atoms. The molecule has 0 heterocycles. The first-order valence-corrected chi connectivity index (χ1v) is 16.8. The standard InChI is InChI=1S/C31H52IO7/c1-18-15-21-22(33)16-20-19(28(21,6)17-23(18)39-27(4,5)36)9-13-29(7)24(10-14-31(20,29)32-38)30(8,37)25(34)11-12-26(2,3)35/h16,18-19,21,23-25,34-38H,9-15,17H2,1-8H3/q-1/t18-,19?,21?,23+,24?,25-,28?,29?,30-,31?/m1/s1. The van der Waals surface area contributed by atoms with Gasteiger partial charge in [0.15, 0.2) is 0 Å². The van der Waals surface area contributed by atoms with Crippen LogP contribution in [0.1, 0.15) is 107 Å². The minimum atomic E-state index is -1.38. The fraction of sp³-hybridized carbons (Fsp3) is 0.903. The van der Waals surface area contributed by atoms with Gasteiger partial charge in [0.25, 0.3) is 0 Å². The fourth-order valence-corrected chi connectivity index (χ4v) is 11.7. The third-order valence-corrected chi connectivity index (χ3v) is 14.6. The van der Waals surface area contributed by atoms with E-state index in [4.69, 9.17) is 4.74 Å². The summed E-state index contributed by atoms with van der Waals surface area (Å²) in [5.41, 5.74) is -2.03. The van der Waals surface area contributed by atoms with E-state index in [2.05, 4.69) is 20.8 Å². The third-order valence-electron chi connectivity index (χ3n) is 11.3. The second-order valence-electron chi connectivity index (χ2n) is 15.2. The number of aliphatic hydroxyl groups is 4. The van der Waals surface area contributed by atoms with Crippen molar-refractivity contribution in [2.24, 2.45) is 34.5 Å². The summed E-state index contributed by atoms with van der Waals surface area (Å²) in [5, 5.41) is 43.6. The summed E-state index contributed by atoms with van der Waals surface area (Å²) in [6.45, 7) is 14.9. The van der Waals surface area contributed by atoms with Crippen LogP contribution in [0.4, 0.5) is 0 Å². The Morgan fingerprint density at radius 2 is 1.72 bits per heavy atom. The zero-order chi connectivity index (χ0) is 29.4. The van der Waals surface area contributed by atoms with E-state index in [1.807, 2.05) is 6.08 Å². The van der Waals surface area contributed by atoms with Gasteiger partial charge in [0, 0.05) is 0 Å². The number of alkyl halides is 1. The molecule has 226 valence electrons. The van der Waals surface area contributed by atoms with Gasteiger partial charge < -0.3 is 0 Å². The first kappa shape index (κ1) is 31.8. The molecule has 7 nitrogen and oxygen atoms in total. The van der Waals surface area contributed by atoms with Crippen LogP contribution in [0.2, 0.25) is 0 Å². The normalized spacial score (nSPS) is 43.3. The first-order valence-electron chi connectivity index (χ1n) is 14.8. The molecule has 39 heavy (non-hydrogen) atoms. The van der Waals surface area contributed by atoms with Gasteiger partial charge in [-0.3, -0.25) is 0 Å². The van der Waals surface area contributed by atoms with E-state index < -0.39 is 53.5 Å². The molecule has 0 aromatic heterocycles. The van der Waals surface area contributed by atoms with Crippen molar-refractivity contribution in [2.45, 2.75) is 139 Å². The number of rotatable bonds is 8. The summed E-state index contributed by atoms with van der Waals surface area (Å²) in [6, 6.07) is 0. The maximum atomic E-state index is 13.8. The Hall–Kier alpha value is -0.100. The van der Waals surface area contributed by atoms with Gasteiger partial charge in [-0.15, -0.1) is 0 Å². The molecule has 4 aliphatic carbocycles. The van der Waals surface area contributed by atoms with Gasteiger partial charge >= 0.3 is 246 Å². The Balaban J connectivity index is 1.69. The van der Waals surface area contributed by atoms with E-state index >= 15 is 0 Å². The molecule has 4 rings (SSSR count). The average molecular weight is 664 g/mol. The fourth-order valence-electron chi connectivity index (χ4n) is 9.16. The third kappa shape index (κ3) is 5.31. The maximum absolute atomic E-state index is 13.8. The van der Waals surface area contributed by atoms with Crippen molar-refractivity contribution in [3.8, 4) is 0 Å². The van der Waals surface area contributed by atoms with Crippen LogP contribution in [0.15, 0.2) is 11.6 Å². The van der Waals surface area contributed by atoms with Gasteiger partial charge in [-0.25, -0.2) is 0 Å². The number of halogens is 1. The van der Waals surface area contributed by atoms with Crippen LogP contribution < -0.4 is 21.6 Å². The summed E-state index contributed by atoms with van der Waals surface area (Å²) in [5.74, 6) is -1.18. The Morgan fingerprint density at radius 3 is 2.28 bits per heavy atom. The van der Waals surface area contributed by atoms with E-state index in [-0.39, 0.29) is 47.4 Å². The number of hydrogen-bond donors (Lipinski definition) is 5. The van der Waals surface area contributed by atoms with E-state index in [1.54, 1.807) is 34.6 Å². The number of carbonyl (C=O) groups is 1. The molecule has 4 aliphatic rings. The van der Waals surface area contributed by atoms with E-state index in [9.17, 15) is 28.7 Å². The molecule has 5 N–H and O–H groups in total. The quantitative estimate of drug-likeness (QED) is 0.148. The first-order chi connectivity index (χ1) is 17.7. The summed E-state index contributed by atoms with van der Waals surface area (Å²) < 4.78 is 16.8. The van der Waals surface area contributed by atoms with Crippen LogP contribution in [0.25, 0.3) is 0 Å². The van der Waals surface area contributed by atoms with E-state index in [1.165, 1.54) is 0 Å². The number of hydrogen-bond acceptors (Lipinski definition) is 7. The summed E-state index contributed by atoms with van der Waals surface area (Å²) in [7, 11) is 0. The predicted octanol–water partition coefficient (Wildman–Crippen LogP) is 0.886. The molecule has 0 saturated heterocycles. The monoisotopic (exact) mass is 663 g/mol. The summed E-state index contributed by atoms with van der Waals surface area (Å²) in [6.07, 6.45) is 5.80. The zero-order valence-electron chi connectivity index (χ0n) is 25.1. The number of aliphatic hydroxyl groups excluding tert-OH is 1. The molecule has 0 aromatic rings. The average Bonchev–Trinajstić information content (AvgIpc) is 3.12. The number of ketones is 1. The molecule has 6 unspecified atom stereocenters. The zero-order valence-corrected chi connectivity index (χ0v) is 27.3. The van der Waals surface area contributed by atoms with Crippen molar-refractivity contribution in [1.29, 1.82) is 0 Å². The molecular weight excluding hydrogens is 611 g/mol. The Bertz CT molecular complexity index is 980. The topological polar surface area (TPSA) is 127 Å². The van der Waals surface area contributed by atoms with Crippen LogP contribution >= 0.6 is 0 Å². The van der Waals surface area contributed by atoms with Crippen molar-refractivity contribution in [2.75, 3.05) is 0 Å². The van der Waals surface area contributed by atoms with Crippen LogP contribution in [0.5, 0.6) is 0 Å². The van der Waals surface area contributed by atoms with Crippen LogP contribution in [-0.4, -0.2) is 62.3 Å². The van der Waals surface area contributed by atoms with Crippen molar-refractivity contribution in [3.63, 3.8) is 0 Å². The molecule has 0 aliphatic heterocycles. The Kier molecular flexibility index (Phi) is 8.38. The van der Waals surface area contributed by atoms with Gasteiger partial charge in [-0.1, -0.05) is 0 Å². The van der Waals surface area contributed by atoms with Crippen molar-refractivity contribution in [3.05, 3.63) is 11.6 Å². The van der Waals surface area contributed by atoms with Crippen LogP contribution in [0.3, 0.4) is 0 Å². The van der Waals surface area contributed by atoms with Gasteiger partial charge in [0.2, 0.25) is 0 Å². The summed E-state index contributed by atoms with van der Waals surface area (Å²) >= 11 is -1.33. The number of allylic oxidation sites excluding steroid dienone is 2. The van der Waals surface area contributed by atoms with Gasteiger partial charge in [0.1, 0.15) is 0 Å². The molecule has 0 radical (unpaired) electrons.